The minimum Gasteiger partial charge on any atom is -0.394 e. The number of unbranched alkanes of at least 4 members (excludes halogenated alkanes) is 21. The van der Waals surface area contributed by atoms with Crippen LogP contribution in [0.15, 0.2) is 12.2 Å². The number of nitrogens with two attached hydrogens (primary N) is 1. The van der Waals surface area contributed by atoms with Crippen LogP contribution in [0.25, 0.3) is 0 Å². The molecule has 0 aliphatic carbocycles. The number of hydrogen-bond acceptors (Lipinski definition) is 30. The largest absolute Gasteiger partial charge is 0.394 e. The van der Waals surface area contributed by atoms with E-state index in [0.717, 1.165) is 44.9 Å². The summed E-state index contributed by atoms with van der Waals surface area (Å²) in [5.74, 6) is -0.269. The molecule has 0 aromatic heterocycles. The Hall–Kier alpha value is -1.95. The summed E-state index contributed by atoms with van der Waals surface area (Å²) in [5, 5.41) is 178. The highest BCUT2D eigenvalue weighted by Gasteiger charge is 2.56. The maximum atomic E-state index is 13.4. The zero-order valence-electron chi connectivity index (χ0n) is 57.4. The predicted molar refractivity (Wildman–Crippen MR) is 345 cm³/mol. The molecule has 0 saturated carbocycles. The summed E-state index contributed by atoms with van der Waals surface area (Å²) in [4.78, 5) is 13.4. The third-order valence-corrected chi connectivity index (χ3v) is 19.4. The van der Waals surface area contributed by atoms with Crippen molar-refractivity contribution in [2.45, 2.75) is 372 Å². The van der Waals surface area contributed by atoms with Crippen molar-refractivity contribution in [1.29, 1.82) is 0 Å². The Bertz CT molecular complexity index is 2170. The van der Waals surface area contributed by atoms with Crippen LogP contribution in [0.1, 0.15) is 188 Å². The Kier molecular flexibility index (Phi) is 38.8. The van der Waals surface area contributed by atoms with Crippen LogP contribution in [0.4, 0.5) is 0 Å². The zero-order valence-corrected chi connectivity index (χ0v) is 57.4. The topological polar surface area (TPSA) is 490 Å². The van der Waals surface area contributed by atoms with Crippen molar-refractivity contribution in [2.24, 2.45) is 5.73 Å². The number of aliphatic hydroxyl groups excluding tert-OH is 16. The molecule has 31 nitrogen and oxygen atoms in total. The number of aliphatic hydroxyl groups is 16. The number of amides is 1. The lowest BCUT2D eigenvalue weighted by Gasteiger charge is -2.49. The third kappa shape index (κ3) is 25.4. The summed E-state index contributed by atoms with van der Waals surface area (Å²) < 4.78 is 70.4. The molecule has 574 valence electrons. The van der Waals surface area contributed by atoms with Gasteiger partial charge in [0.05, 0.1) is 75.6 Å². The van der Waals surface area contributed by atoms with Crippen molar-refractivity contribution in [2.75, 3.05) is 33.0 Å². The normalized spacial score (nSPS) is 39.4. The molecule has 6 fully saturated rings. The zero-order chi connectivity index (χ0) is 71.4. The second-order valence-electron chi connectivity index (χ2n) is 27.3. The number of allylic oxidation sites excluding steroid dienone is 1. The summed E-state index contributed by atoms with van der Waals surface area (Å²) >= 11 is 0. The van der Waals surface area contributed by atoms with Gasteiger partial charge in [-0.3, -0.25) is 4.79 Å². The average molecular weight is 1420 g/mol. The lowest BCUT2D eigenvalue weighted by molar-refractivity contribution is -0.400. The van der Waals surface area contributed by atoms with Crippen molar-refractivity contribution in [1.82, 2.24) is 5.32 Å². The number of ether oxygens (including phenoxy) is 12. The van der Waals surface area contributed by atoms with Crippen LogP contribution in [-0.4, -0.2) is 305 Å². The Morgan fingerprint density at radius 1 is 0.469 bits per heavy atom. The second-order valence-corrected chi connectivity index (χ2v) is 27.3. The van der Waals surface area contributed by atoms with E-state index in [9.17, 15) is 86.5 Å². The van der Waals surface area contributed by atoms with E-state index in [-0.39, 0.29) is 31.8 Å². The Balaban J connectivity index is 1.03. The van der Waals surface area contributed by atoms with Crippen LogP contribution in [0, 0.1) is 0 Å². The lowest BCUT2D eigenvalue weighted by atomic mass is 9.95. The van der Waals surface area contributed by atoms with Gasteiger partial charge in [-0.2, -0.15) is 0 Å². The predicted octanol–water partition coefficient (Wildman–Crippen LogP) is -1.26. The van der Waals surface area contributed by atoms with Gasteiger partial charge in [0, 0.05) is 19.3 Å². The highest BCUT2D eigenvalue weighted by Crippen LogP contribution is 2.37. The standard InChI is InChI=1S/C67H122N2O29/c1-4-6-8-10-12-14-16-17-19-20-22-24-26-28-40(74)39(69-47(76)29-27-25-23-21-18-15-13-11-9-7-5-2)36-87-62-41(75)31-42(44(33-71)92-62)90-66-57(85)54(82)58(46(35-73)94-66)95-64-51(79)43(30-38(32-70)89-64)91-63-48(68)59(50(78)45(34-72)93-63)96-67-60(53(81)55(83)61(86)98-67)97-65-56(84)52(80)49(77)37(3)88-65/h26,28,37-46,48-67,70-75,77-86H,4-25,27,29-36,68H2,1-3H3,(H,69,76)/b28-26+/t37?,38?,39?,40?,41?,42-,43?,44?,45?,46?,48?,49+,50+,51?,52?,53?,54?,55-,56?,57?,58+,59?,60?,61?,62-,63-,64+,65+,66-,67-/m1/s1. The summed E-state index contributed by atoms with van der Waals surface area (Å²) in [7, 11) is 0. The highest BCUT2D eigenvalue weighted by atomic mass is 16.8. The second kappa shape index (κ2) is 44.8. The van der Waals surface area contributed by atoms with E-state index in [1.54, 1.807) is 6.08 Å². The number of hydrogen-bond donors (Lipinski definition) is 18. The first-order valence-electron chi connectivity index (χ1n) is 36.2. The third-order valence-electron chi connectivity index (χ3n) is 19.4. The molecule has 19 unspecified atom stereocenters. The van der Waals surface area contributed by atoms with Crippen LogP contribution < -0.4 is 11.1 Å². The van der Waals surface area contributed by atoms with Crippen LogP contribution in [0.5, 0.6) is 0 Å². The van der Waals surface area contributed by atoms with Crippen LogP contribution >= 0.6 is 0 Å². The van der Waals surface area contributed by atoms with Gasteiger partial charge in [-0.25, -0.2) is 0 Å². The van der Waals surface area contributed by atoms with E-state index >= 15 is 0 Å². The van der Waals surface area contributed by atoms with E-state index in [1.165, 1.54) is 103 Å². The fourth-order valence-electron chi connectivity index (χ4n) is 13.2. The van der Waals surface area contributed by atoms with Crippen molar-refractivity contribution < 1.29 is 143 Å². The molecular formula is C67H122N2O29. The quantitative estimate of drug-likeness (QED) is 0.0250. The summed E-state index contributed by atoms with van der Waals surface area (Å²) in [6.45, 7) is 2.25. The van der Waals surface area contributed by atoms with E-state index in [4.69, 9.17) is 62.6 Å². The fourth-order valence-corrected chi connectivity index (χ4v) is 13.2. The number of carbonyl (C=O) groups excluding carboxylic acids is 1. The average Bonchev–Trinajstić information content (AvgIpc) is 0.781. The molecule has 0 spiro atoms. The molecule has 19 N–H and O–H groups in total. The van der Waals surface area contributed by atoms with Gasteiger partial charge in [0.1, 0.15) is 97.7 Å². The number of nitrogens with one attached hydrogen (secondary N) is 1. The van der Waals surface area contributed by atoms with Gasteiger partial charge in [-0.05, 0) is 26.2 Å². The SMILES string of the molecule is CCCCCCCCCCCCC/C=C/C(O)C(CO[C@@H]1OC(CO)[C@H](O[C@@H]2OC(CO)[C@H](O[C@@H]3OC(CO)CC(O[C@@H]4OC(CO)[C@H](O)C(O[C@@H]5OC(O)[C@H](O)C(O)C5O[C@@H]5OC(C)[C@H](O)C(O)C5O)C4N)C3O)C(O)C2O)CC1O)NC(=O)CCCCCCCCCCCCC. The van der Waals surface area contributed by atoms with Gasteiger partial charge in [0.2, 0.25) is 5.91 Å². The van der Waals surface area contributed by atoms with E-state index in [2.05, 4.69) is 19.2 Å². The van der Waals surface area contributed by atoms with E-state index in [1.807, 2.05) is 6.08 Å². The van der Waals surface area contributed by atoms with Crippen molar-refractivity contribution >= 4 is 5.91 Å². The molecule has 30 atom stereocenters. The molecule has 0 aromatic rings. The molecule has 1 amide bonds. The number of rotatable bonds is 44. The molecule has 31 heteroatoms. The Morgan fingerprint density at radius 3 is 1.56 bits per heavy atom. The summed E-state index contributed by atoms with van der Waals surface area (Å²) in [5.41, 5.74) is 6.58. The van der Waals surface area contributed by atoms with Gasteiger partial charge in [0.15, 0.2) is 44.0 Å². The maximum Gasteiger partial charge on any atom is 0.220 e. The lowest BCUT2D eigenvalue weighted by Crippen LogP contribution is -2.68. The highest BCUT2D eigenvalue weighted by molar-refractivity contribution is 5.76. The fraction of sp³-hybridized carbons (Fsp3) is 0.955. The molecule has 0 bridgehead atoms. The minimum absolute atomic E-state index is 0.244. The Morgan fingerprint density at radius 2 is 0.969 bits per heavy atom. The van der Waals surface area contributed by atoms with E-state index in [0.29, 0.717) is 6.42 Å². The molecule has 6 heterocycles. The molecule has 0 radical (unpaired) electrons. The van der Waals surface area contributed by atoms with Crippen LogP contribution in [0.2, 0.25) is 0 Å². The van der Waals surface area contributed by atoms with Gasteiger partial charge in [0.25, 0.3) is 0 Å². The molecule has 6 rings (SSSR count). The number of carbonyl (C=O) groups is 1. The summed E-state index contributed by atoms with van der Waals surface area (Å²) in [6, 6.07) is -2.57. The molecule has 6 aliphatic rings. The molecular weight excluding hydrogens is 1300 g/mol. The van der Waals surface area contributed by atoms with Crippen molar-refractivity contribution in [3.05, 3.63) is 12.2 Å². The van der Waals surface area contributed by atoms with Gasteiger partial charge in [-0.1, -0.05) is 154 Å². The maximum absolute atomic E-state index is 13.4. The van der Waals surface area contributed by atoms with Gasteiger partial charge >= 0.3 is 0 Å². The molecule has 6 saturated heterocycles. The first-order chi connectivity index (χ1) is 47.1. The first kappa shape index (κ1) is 85.0. The molecule has 98 heavy (non-hydrogen) atoms. The van der Waals surface area contributed by atoms with Crippen LogP contribution in [-0.2, 0) is 61.6 Å². The van der Waals surface area contributed by atoms with E-state index < -0.39 is 211 Å². The van der Waals surface area contributed by atoms with Gasteiger partial charge < -0.3 is 150 Å². The van der Waals surface area contributed by atoms with Crippen molar-refractivity contribution in [3.8, 4) is 0 Å². The molecule has 6 aliphatic heterocycles. The first-order valence-corrected chi connectivity index (χ1v) is 36.2. The van der Waals surface area contributed by atoms with Gasteiger partial charge in [-0.15, -0.1) is 0 Å². The minimum atomic E-state index is -2.14. The monoisotopic (exact) mass is 1420 g/mol. The smallest absolute Gasteiger partial charge is 0.220 e. The van der Waals surface area contributed by atoms with Crippen LogP contribution in [0.3, 0.4) is 0 Å². The summed E-state index contributed by atoms with van der Waals surface area (Å²) in [6.07, 6.45) is -17.7. The molecule has 0 aromatic carbocycles. The Labute approximate surface area is 575 Å². The van der Waals surface area contributed by atoms with Crippen molar-refractivity contribution in [3.63, 3.8) is 0 Å².